The van der Waals surface area contributed by atoms with Crippen LogP contribution in [0.1, 0.15) is 40.5 Å². The van der Waals surface area contributed by atoms with E-state index in [1.807, 2.05) is 0 Å². The molecule has 2 rings (SSSR count). The van der Waals surface area contributed by atoms with Gasteiger partial charge in [0.05, 0.1) is 0 Å². The Morgan fingerprint density at radius 3 is 1.62 bits per heavy atom. The molecule has 0 heterocycles. The maximum atomic E-state index is 2.34. The first-order chi connectivity index (χ1) is 7.61. The molecule has 0 radical (unpaired) electrons. The second kappa shape index (κ2) is 4.81. The molecule has 0 aromatic rings. The van der Waals surface area contributed by atoms with Crippen LogP contribution in [0.15, 0.2) is 43.2 Å². The number of rotatable bonds is 2. The van der Waals surface area contributed by atoms with Gasteiger partial charge in [-0.05, 0) is 0 Å². The van der Waals surface area contributed by atoms with Gasteiger partial charge >= 0.3 is 105 Å². The van der Waals surface area contributed by atoms with E-state index in [1.165, 1.54) is 12.8 Å². The van der Waals surface area contributed by atoms with Crippen molar-refractivity contribution >= 4 is 3.81 Å². The van der Waals surface area contributed by atoms with Gasteiger partial charge in [0.2, 0.25) is 0 Å². The molecule has 1 heteroatoms. The fourth-order valence-electron chi connectivity index (χ4n) is 2.61. The molecular weight excluding hydrogens is 228 g/mol. The van der Waals surface area contributed by atoms with Gasteiger partial charge < -0.3 is 0 Å². The molecule has 84 valence electrons. The van der Waals surface area contributed by atoms with E-state index in [0.29, 0.717) is 0 Å². The molecule has 0 spiro atoms. The molecule has 0 saturated heterocycles. The molecule has 0 amide bonds. The van der Waals surface area contributed by atoms with Gasteiger partial charge in [0, 0.05) is 0 Å². The van der Waals surface area contributed by atoms with Crippen molar-refractivity contribution in [3.05, 3.63) is 43.2 Å². The second-order valence-corrected chi connectivity index (χ2v) is 9.53. The number of hydrogen-bond donors (Lipinski definition) is 0. The Labute approximate surface area is 105 Å². The number of allylic oxidation sites excluding steroid dienone is 8. The van der Waals surface area contributed by atoms with Gasteiger partial charge in [-0.25, -0.2) is 0 Å². The zero-order chi connectivity index (χ0) is 11.7. The van der Waals surface area contributed by atoms with Crippen molar-refractivity contribution in [2.24, 2.45) is 0 Å². The third-order valence-electron chi connectivity index (χ3n) is 3.44. The van der Waals surface area contributed by atoms with Crippen molar-refractivity contribution in [2.75, 3.05) is 0 Å². The predicted octanol–water partition coefficient (Wildman–Crippen LogP) is 4.28. The van der Waals surface area contributed by atoms with E-state index in [1.54, 1.807) is 22.7 Å². The molecule has 0 aromatic carbocycles. The molecule has 0 nitrogen and oxygen atoms in total. The van der Waals surface area contributed by atoms with Crippen LogP contribution in [0.25, 0.3) is 0 Å². The molecule has 0 fully saturated rings. The quantitative estimate of drug-likeness (QED) is 0.639. The zero-order valence-electron chi connectivity index (χ0n) is 10.7. The van der Waals surface area contributed by atoms with E-state index in [2.05, 4.69) is 52.0 Å². The van der Waals surface area contributed by atoms with Gasteiger partial charge in [0.25, 0.3) is 0 Å². The fraction of sp³-hybridized carbons (Fsp3) is 0.400. The summed E-state index contributed by atoms with van der Waals surface area (Å²) in [5.41, 5.74) is 3.09. The number of hydrogen-bond acceptors (Lipinski definition) is 0. The van der Waals surface area contributed by atoms with Gasteiger partial charge in [-0.3, -0.25) is 0 Å². The van der Waals surface area contributed by atoms with Gasteiger partial charge in [-0.15, -0.1) is 0 Å². The Bertz CT molecular complexity index is 426. The first-order valence-corrected chi connectivity index (χ1v) is 8.36. The summed E-state index contributed by atoms with van der Waals surface area (Å²) < 4.78 is 5.24. The first kappa shape index (κ1) is 12.0. The van der Waals surface area contributed by atoms with Crippen LogP contribution < -0.4 is 0 Å². The minimum atomic E-state index is -1.29. The fourth-order valence-corrected chi connectivity index (χ4v) is 7.57. The Hall–Kier alpha value is -0.456. The second-order valence-electron chi connectivity index (χ2n) is 4.91. The van der Waals surface area contributed by atoms with Crippen molar-refractivity contribution in [2.45, 2.75) is 40.5 Å². The summed E-state index contributed by atoms with van der Waals surface area (Å²) in [5.74, 6) is 0. The standard InChI is InChI=1S/2C6H7.C3H6.Ti/c2*1-6-4-2-3-5-6;1-3-2;/h2*2,4H,3H2,1H3;1-2H3;. The molecule has 16 heavy (non-hydrogen) atoms. The summed E-state index contributed by atoms with van der Waals surface area (Å²) in [4.78, 5) is 0. The molecule has 2 aliphatic carbocycles. The van der Waals surface area contributed by atoms with Crippen LogP contribution in [0.3, 0.4) is 0 Å². The molecule has 0 unspecified atom stereocenters. The van der Waals surface area contributed by atoms with Crippen LogP contribution in [0.2, 0.25) is 0 Å². The van der Waals surface area contributed by atoms with Crippen LogP contribution in [-0.4, -0.2) is 3.81 Å². The average molecular weight is 248 g/mol. The van der Waals surface area contributed by atoms with E-state index >= 15 is 0 Å². The van der Waals surface area contributed by atoms with E-state index in [-0.39, 0.29) is 0 Å². The summed E-state index contributed by atoms with van der Waals surface area (Å²) in [7, 11) is 0. The molecule has 0 N–H and O–H groups in total. The minimum absolute atomic E-state index is 1.21. The molecular formula is C15H20Ti. The van der Waals surface area contributed by atoms with Crippen molar-refractivity contribution in [3.8, 4) is 0 Å². The van der Waals surface area contributed by atoms with Crippen molar-refractivity contribution in [3.63, 3.8) is 0 Å². The van der Waals surface area contributed by atoms with Crippen molar-refractivity contribution in [1.82, 2.24) is 0 Å². The van der Waals surface area contributed by atoms with Crippen LogP contribution in [0, 0.1) is 0 Å². The van der Waals surface area contributed by atoms with Gasteiger partial charge in [0.15, 0.2) is 0 Å². The molecule has 0 aliphatic heterocycles. The van der Waals surface area contributed by atoms with Crippen LogP contribution >= 0.6 is 0 Å². The topological polar surface area (TPSA) is 0 Å². The molecule has 0 aromatic heterocycles. The van der Waals surface area contributed by atoms with Crippen molar-refractivity contribution in [1.29, 1.82) is 0 Å². The average Bonchev–Trinajstić information content (AvgIpc) is 2.79. The predicted molar refractivity (Wildman–Crippen MR) is 69.3 cm³/mol. The Kier molecular flexibility index (Phi) is 3.61. The summed E-state index contributed by atoms with van der Waals surface area (Å²) in [6.07, 6.45) is 11.7. The van der Waals surface area contributed by atoms with Crippen LogP contribution in [-0.2, 0) is 17.4 Å². The van der Waals surface area contributed by atoms with Gasteiger partial charge in [-0.2, -0.15) is 0 Å². The Morgan fingerprint density at radius 1 is 0.938 bits per heavy atom. The molecule has 0 atom stereocenters. The van der Waals surface area contributed by atoms with Crippen molar-refractivity contribution < 1.29 is 17.4 Å². The van der Waals surface area contributed by atoms with Crippen LogP contribution in [0.5, 0.6) is 0 Å². The maximum absolute atomic E-state index is 2.34. The summed E-state index contributed by atoms with van der Waals surface area (Å²) >= 11 is -1.29. The molecule has 0 saturated carbocycles. The Morgan fingerprint density at radius 2 is 1.38 bits per heavy atom. The van der Waals surface area contributed by atoms with E-state index < -0.39 is 17.4 Å². The third-order valence-corrected chi connectivity index (χ3v) is 8.75. The summed E-state index contributed by atoms with van der Waals surface area (Å²) in [6.45, 7) is 9.25. The normalized spacial score (nSPS) is 19.0. The van der Waals surface area contributed by atoms with Gasteiger partial charge in [0.1, 0.15) is 0 Å². The zero-order valence-corrected chi connectivity index (χ0v) is 12.3. The van der Waals surface area contributed by atoms with Crippen LogP contribution in [0.4, 0.5) is 0 Å². The van der Waals surface area contributed by atoms with E-state index in [9.17, 15) is 0 Å². The first-order valence-electron chi connectivity index (χ1n) is 6.02. The molecule has 0 bridgehead atoms. The molecule has 2 aliphatic rings. The third kappa shape index (κ3) is 2.14. The summed E-state index contributed by atoms with van der Waals surface area (Å²) in [6, 6.07) is 0. The monoisotopic (exact) mass is 248 g/mol. The van der Waals surface area contributed by atoms with Gasteiger partial charge in [-0.1, -0.05) is 0 Å². The van der Waals surface area contributed by atoms with E-state index in [4.69, 9.17) is 0 Å². The Balaban J connectivity index is 2.47. The SMILES string of the molecule is CC1=[C]([Ti]([C]2=C(C)C=CC2)=[C](C)C)CC=C1. The summed E-state index contributed by atoms with van der Waals surface area (Å²) in [5, 5.41) is 0. The van der Waals surface area contributed by atoms with E-state index in [0.717, 1.165) is 0 Å².